The second kappa shape index (κ2) is 18.5. The van der Waals surface area contributed by atoms with Gasteiger partial charge < -0.3 is 4.67 Å². The van der Waals surface area contributed by atoms with Gasteiger partial charge in [-0.2, -0.15) is 0 Å². The maximum atomic E-state index is 5.49. The summed E-state index contributed by atoms with van der Waals surface area (Å²) in [7, 11) is -1.43. The van der Waals surface area contributed by atoms with Crippen LogP contribution in [0, 0.1) is 0 Å². The van der Waals surface area contributed by atoms with Crippen molar-refractivity contribution < 1.29 is 0 Å². The second-order valence-corrected chi connectivity index (χ2v) is 21.1. The van der Waals surface area contributed by atoms with Gasteiger partial charge >= 0.3 is 0 Å². The molecule has 14 rings (SSSR count). The minimum atomic E-state index is -1.43. The predicted molar refractivity (Wildman–Crippen MR) is 310 cm³/mol. The zero-order valence-corrected chi connectivity index (χ0v) is 41.4. The fourth-order valence-corrected chi connectivity index (χ4v) is 13.5. The Bertz CT molecular complexity index is 4080. The highest BCUT2D eigenvalue weighted by Gasteiger charge is 2.37. The fourth-order valence-electron chi connectivity index (χ4n) is 11.1. The highest BCUT2D eigenvalue weighted by Crippen LogP contribution is 2.57. The number of aromatic nitrogens is 3. The molecule has 74 heavy (non-hydrogen) atoms. The van der Waals surface area contributed by atoms with Crippen LogP contribution in [0.25, 0.3) is 89.4 Å². The molecule has 12 aromatic rings. The number of nitrogens with zero attached hydrogens (tertiary/aromatic N) is 4. The Morgan fingerprint density at radius 1 is 0.405 bits per heavy atom. The van der Waals surface area contributed by atoms with Gasteiger partial charge in [0.15, 0.2) is 17.2 Å². The Balaban J connectivity index is 0.984. The maximum Gasteiger partial charge on any atom is 0.181 e. The summed E-state index contributed by atoms with van der Waals surface area (Å²) < 4.78 is 2.55. The minimum absolute atomic E-state index is 0.653. The molecule has 0 fully saturated rings. The van der Waals surface area contributed by atoms with Crippen LogP contribution in [0.2, 0.25) is 0 Å². The summed E-state index contributed by atoms with van der Waals surface area (Å²) in [4.78, 5) is 16.1. The molecule has 348 valence electrons. The average Bonchev–Trinajstić information content (AvgIpc) is 3.68. The monoisotopic (exact) mass is 962 g/mol. The third-order valence-electron chi connectivity index (χ3n) is 14.7. The first-order valence-corrected chi connectivity index (χ1v) is 26.6. The van der Waals surface area contributed by atoms with Crippen molar-refractivity contribution in [2.45, 2.75) is 12.8 Å². The molecular weight excluding hydrogens is 916 g/mol. The zero-order chi connectivity index (χ0) is 49.0. The predicted octanol–water partition coefficient (Wildman–Crippen LogP) is 16.7. The minimum Gasteiger partial charge on any atom is -0.309 e. The Morgan fingerprint density at radius 2 is 1.03 bits per heavy atom. The van der Waals surface area contributed by atoms with Gasteiger partial charge in [-0.1, -0.05) is 231 Å². The lowest BCUT2D eigenvalue weighted by molar-refractivity contribution is 1.10. The van der Waals surface area contributed by atoms with Crippen molar-refractivity contribution in [2.24, 2.45) is 0 Å². The summed E-state index contributed by atoms with van der Waals surface area (Å²) in [6, 6.07) is 92.5. The number of benzene rings is 11. The van der Waals surface area contributed by atoms with Gasteiger partial charge in [-0.15, -0.1) is 0 Å². The van der Waals surface area contributed by atoms with Crippen molar-refractivity contribution in [3.8, 4) is 56.2 Å². The zero-order valence-electron chi connectivity index (χ0n) is 40.5. The van der Waals surface area contributed by atoms with Crippen LogP contribution >= 0.6 is 8.07 Å². The van der Waals surface area contributed by atoms with E-state index in [4.69, 9.17) is 15.0 Å². The molecule has 0 saturated heterocycles. The Hall–Kier alpha value is -9.08. The maximum absolute atomic E-state index is 5.49. The van der Waals surface area contributed by atoms with E-state index in [9.17, 15) is 0 Å². The van der Waals surface area contributed by atoms with E-state index in [1.807, 2.05) is 12.1 Å². The van der Waals surface area contributed by atoms with E-state index in [0.29, 0.717) is 11.6 Å². The highest BCUT2D eigenvalue weighted by atomic mass is 31.1. The molecule has 0 bridgehead atoms. The molecule has 11 aromatic carbocycles. The van der Waals surface area contributed by atoms with Crippen molar-refractivity contribution >= 4 is 63.5 Å². The molecule has 2 heterocycles. The van der Waals surface area contributed by atoms with Gasteiger partial charge in [0, 0.05) is 27.7 Å². The first-order valence-electron chi connectivity index (χ1n) is 25.3. The van der Waals surface area contributed by atoms with Crippen molar-refractivity contribution in [1.82, 2.24) is 15.0 Å². The summed E-state index contributed by atoms with van der Waals surface area (Å²) in [6.07, 6.45) is 4.11. The first kappa shape index (κ1) is 43.7. The van der Waals surface area contributed by atoms with Crippen molar-refractivity contribution in [3.05, 3.63) is 283 Å². The van der Waals surface area contributed by atoms with E-state index in [1.54, 1.807) is 0 Å². The summed E-state index contributed by atoms with van der Waals surface area (Å²) in [6.45, 7) is 0. The van der Waals surface area contributed by atoms with E-state index < -0.39 is 8.07 Å². The van der Waals surface area contributed by atoms with Crippen LogP contribution in [0.1, 0.15) is 27.8 Å². The SMILES string of the molecule is C1=C(c2ccccc2)Cc2ccccc2-c2cc(N3c4ccc(-c5ccc6c(Cc7ccccc7)cc7ccccc7c6c5)cc4-c4ccccc4P3c3nc(-c4ccccc4)nc(-c4ccccc4)n3)ccc21. The molecule has 5 heteroatoms. The van der Waals surface area contributed by atoms with Gasteiger partial charge in [0.2, 0.25) is 0 Å². The quantitative estimate of drug-likeness (QED) is 0.112. The van der Waals surface area contributed by atoms with Crippen molar-refractivity contribution in [2.75, 3.05) is 4.67 Å². The number of allylic oxidation sites excluding steroid dienone is 1. The average molecular weight is 963 g/mol. The lowest BCUT2D eigenvalue weighted by Crippen LogP contribution is -2.33. The number of anilines is 2. The standard InChI is InChI=1S/C69H47N4P/c1-5-19-46(20-6-1)39-56-42-53-28-14-16-30-59(53)63-43-50(34-37-60(56)63)51-35-38-65-64(44-51)61-31-17-18-32-66(61)74(69-71-67(48-23-9-3-10-24-48)70-68(72-69)49-25-11-4-12-26-49)73(65)57-36-33-54-41-55(47-21-7-2-8-22-47)40-52-27-13-15-29-58(52)62(54)45-57/h1-38,41-45H,39-40H2. The summed E-state index contributed by atoms with van der Waals surface area (Å²) >= 11 is 0. The molecular formula is C69H47N4P. The third kappa shape index (κ3) is 7.88. The van der Waals surface area contributed by atoms with E-state index >= 15 is 0 Å². The second-order valence-electron chi connectivity index (χ2n) is 19.2. The molecule has 4 nitrogen and oxygen atoms in total. The molecule has 1 unspecified atom stereocenters. The summed E-state index contributed by atoms with van der Waals surface area (Å²) in [5, 5.41) is 6.26. The molecule has 2 aliphatic rings. The number of hydrogen-bond donors (Lipinski definition) is 0. The largest absolute Gasteiger partial charge is 0.309 e. The topological polar surface area (TPSA) is 41.9 Å². The van der Waals surface area contributed by atoms with Gasteiger partial charge in [-0.05, 0) is 126 Å². The highest BCUT2D eigenvalue weighted by molar-refractivity contribution is 7.74. The van der Waals surface area contributed by atoms with Crippen LogP contribution < -0.4 is 15.5 Å². The molecule has 1 aliphatic heterocycles. The summed E-state index contributed by atoms with van der Waals surface area (Å²) in [5.74, 6) is 1.31. The lowest BCUT2D eigenvalue weighted by Gasteiger charge is -2.39. The van der Waals surface area contributed by atoms with E-state index in [0.717, 1.165) is 46.5 Å². The molecule has 0 spiro atoms. The molecule has 0 radical (unpaired) electrons. The Kier molecular flexibility index (Phi) is 10.9. The van der Waals surface area contributed by atoms with Gasteiger partial charge in [-0.25, -0.2) is 15.0 Å². The first-order chi connectivity index (χ1) is 36.7. The number of fused-ring (bicyclic) bond motifs is 9. The van der Waals surface area contributed by atoms with Gasteiger partial charge in [0.25, 0.3) is 0 Å². The van der Waals surface area contributed by atoms with E-state index in [-0.39, 0.29) is 0 Å². The van der Waals surface area contributed by atoms with Crippen LogP contribution in [0.4, 0.5) is 11.4 Å². The Morgan fingerprint density at radius 3 is 1.78 bits per heavy atom. The Labute approximate surface area is 432 Å². The van der Waals surface area contributed by atoms with Crippen LogP contribution in [0.15, 0.2) is 255 Å². The van der Waals surface area contributed by atoms with Crippen molar-refractivity contribution in [1.29, 1.82) is 0 Å². The third-order valence-corrected chi connectivity index (χ3v) is 17.0. The number of rotatable bonds is 8. The molecule has 0 saturated carbocycles. The van der Waals surface area contributed by atoms with Crippen LogP contribution in [0.3, 0.4) is 0 Å². The fraction of sp³-hybridized carbons (Fsp3) is 0.0290. The van der Waals surface area contributed by atoms with E-state index in [1.165, 1.54) is 88.1 Å². The van der Waals surface area contributed by atoms with Crippen molar-refractivity contribution in [3.63, 3.8) is 0 Å². The van der Waals surface area contributed by atoms with Crippen LogP contribution in [-0.2, 0) is 12.8 Å². The molecule has 1 aromatic heterocycles. The smallest absolute Gasteiger partial charge is 0.181 e. The summed E-state index contributed by atoms with van der Waals surface area (Å²) in [5.41, 5.74) is 19.7. The van der Waals surface area contributed by atoms with Gasteiger partial charge in [0.1, 0.15) is 8.07 Å². The van der Waals surface area contributed by atoms with Gasteiger partial charge in [0.05, 0.1) is 5.69 Å². The molecule has 1 aliphatic carbocycles. The molecule has 1 atom stereocenters. The lowest BCUT2D eigenvalue weighted by atomic mass is 9.90. The number of hydrogen-bond acceptors (Lipinski definition) is 4. The molecule has 0 amide bonds. The normalized spacial score (nSPS) is 13.6. The molecule has 0 N–H and O–H groups in total. The van der Waals surface area contributed by atoms with Crippen LogP contribution in [0.5, 0.6) is 0 Å². The van der Waals surface area contributed by atoms with Gasteiger partial charge in [-0.3, -0.25) is 0 Å². The van der Waals surface area contributed by atoms with E-state index in [2.05, 4.69) is 253 Å². The van der Waals surface area contributed by atoms with Crippen LogP contribution in [-0.4, -0.2) is 15.0 Å².